The van der Waals surface area contributed by atoms with E-state index in [2.05, 4.69) is 15.3 Å². The lowest BCUT2D eigenvalue weighted by molar-refractivity contribution is 0.00760. The number of hydrogen-bond donors (Lipinski definition) is 2. The van der Waals surface area contributed by atoms with Gasteiger partial charge in [-0.1, -0.05) is 73.2 Å². The van der Waals surface area contributed by atoms with Crippen LogP contribution in [0.5, 0.6) is 0 Å². The zero-order valence-corrected chi connectivity index (χ0v) is 31.7. The van der Waals surface area contributed by atoms with Crippen molar-refractivity contribution in [1.29, 1.82) is 0 Å². The Morgan fingerprint density at radius 2 is 1.26 bits per heavy atom. The summed E-state index contributed by atoms with van der Waals surface area (Å²) in [5.41, 5.74) is 9.20. The Hall–Kier alpha value is -3.82. The SMILES string of the molecule is C.CN(C(=O)OC(C)(C)C)[C@@H](CN=[N+]=[N-])COCc1ccccc1.CN(C(=O)OC(C)(C)C)[C@H](CO)CNC(=O)OCc1ccccc1.S.S. The molecule has 0 unspecified atom stereocenters. The molecule has 50 heavy (non-hydrogen) atoms. The van der Waals surface area contributed by atoms with E-state index in [1.54, 1.807) is 48.6 Å². The quantitative estimate of drug-likeness (QED) is 0.0980. The third-order valence-corrected chi connectivity index (χ3v) is 6.14. The molecule has 0 saturated carbocycles. The van der Waals surface area contributed by atoms with Crippen molar-refractivity contribution >= 4 is 45.3 Å². The molecule has 2 atom stereocenters. The van der Waals surface area contributed by atoms with Crippen molar-refractivity contribution in [2.45, 2.75) is 85.5 Å². The van der Waals surface area contributed by atoms with Crippen molar-refractivity contribution in [3.05, 3.63) is 82.2 Å². The molecule has 16 heteroatoms. The fourth-order valence-corrected chi connectivity index (χ4v) is 3.57. The van der Waals surface area contributed by atoms with Gasteiger partial charge < -0.3 is 39.2 Å². The molecule has 0 aromatic heterocycles. The standard InChI is InChI=1S/C17H26N2O5.C16H24N4O3.CH4.2H2S/c1-17(2,3)24-16(22)19(4)14(11-20)10-18-15(21)23-12-13-8-6-5-7-9-13;1-16(2,3)23-15(21)20(4)14(10-18-19-17)12-22-11-13-8-6-5-7-9-13;;;/h5-9,14,20H,10-12H2,1-4H3,(H,18,21);5-9,14H,10-12H2,1-4H3;1H4;2*1H2/t2*14-;;;/m00.../s1. The minimum absolute atomic E-state index is 0. The van der Waals surface area contributed by atoms with Crippen LogP contribution in [0, 0.1) is 0 Å². The maximum Gasteiger partial charge on any atom is 0.410 e. The number of benzene rings is 2. The van der Waals surface area contributed by atoms with E-state index >= 15 is 0 Å². The lowest BCUT2D eigenvalue weighted by Crippen LogP contribution is -2.48. The lowest BCUT2D eigenvalue weighted by Gasteiger charge is -2.29. The predicted octanol–water partition coefficient (Wildman–Crippen LogP) is 6.75. The average molecular weight is 743 g/mol. The molecule has 0 aliphatic heterocycles. The Morgan fingerprint density at radius 1 is 0.820 bits per heavy atom. The highest BCUT2D eigenvalue weighted by atomic mass is 32.1. The van der Waals surface area contributed by atoms with Crippen LogP contribution < -0.4 is 5.32 Å². The lowest BCUT2D eigenvalue weighted by atomic mass is 10.2. The summed E-state index contributed by atoms with van der Waals surface area (Å²) < 4.78 is 21.3. The second-order valence-electron chi connectivity index (χ2n) is 12.5. The van der Waals surface area contributed by atoms with E-state index in [0.717, 1.165) is 11.1 Å². The van der Waals surface area contributed by atoms with Crippen molar-refractivity contribution < 1.29 is 38.4 Å². The first-order chi connectivity index (χ1) is 22.1. The molecule has 2 aromatic rings. The number of aliphatic hydroxyl groups is 1. The minimum atomic E-state index is -0.632. The number of amides is 3. The number of rotatable bonds is 13. The minimum Gasteiger partial charge on any atom is -0.445 e. The van der Waals surface area contributed by atoms with Gasteiger partial charge in [-0.05, 0) is 58.2 Å². The first-order valence-electron chi connectivity index (χ1n) is 15.2. The van der Waals surface area contributed by atoms with Crippen LogP contribution >= 0.6 is 27.0 Å². The second kappa shape index (κ2) is 26.1. The maximum absolute atomic E-state index is 12.1. The van der Waals surface area contributed by atoms with Gasteiger partial charge in [-0.15, -0.1) is 0 Å². The molecule has 2 rings (SSSR count). The summed E-state index contributed by atoms with van der Waals surface area (Å²) in [4.78, 5) is 41.2. The highest BCUT2D eigenvalue weighted by molar-refractivity contribution is 7.59. The van der Waals surface area contributed by atoms with Crippen LogP contribution in [0.3, 0.4) is 0 Å². The second-order valence-corrected chi connectivity index (χ2v) is 12.5. The van der Waals surface area contributed by atoms with Gasteiger partial charge in [0.25, 0.3) is 0 Å². The summed E-state index contributed by atoms with van der Waals surface area (Å²) in [6.07, 6.45) is -1.66. The average Bonchev–Trinajstić information content (AvgIpc) is 3.01. The first-order valence-corrected chi connectivity index (χ1v) is 15.2. The molecular weight excluding hydrogens is 685 g/mol. The molecule has 0 bridgehead atoms. The summed E-state index contributed by atoms with van der Waals surface area (Å²) in [7, 11) is 3.11. The van der Waals surface area contributed by atoms with Crippen LogP contribution in [-0.4, -0.2) is 96.9 Å². The van der Waals surface area contributed by atoms with Crippen LogP contribution in [0.4, 0.5) is 14.4 Å². The van der Waals surface area contributed by atoms with Gasteiger partial charge in [0.2, 0.25) is 0 Å². The van der Waals surface area contributed by atoms with E-state index in [1.165, 1.54) is 16.8 Å². The van der Waals surface area contributed by atoms with Gasteiger partial charge in [0.05, 0.1) is 31.9 Å². The van der Waals surface area contributed by atoms with Crippen molar-refractivity contribution in [2.75, 3.05) is 40.4 Å². The molecule has 14 nitrogen and oxygen atoms in total. The van der Waals surface area contributed by atoms with E-state index < -0.39 is 35.5 Å². The highest BCUT2D eigenvalue weighted by Crippen LogP contribution is 2.13. The van der Waals surface area contributed by atoms with Crippen LogP contribution in [0.2, 0.25) is 0 Å². The van der Waals surface area contributed by atoms with Crippen molar-refractivity contribution in [2.24, 2.45) is 5.11 Å². The molecule has 0 fully saturated rings. The molecular formula is C34H58N6O8S2. The Kier molecular flexibility index (Phi) is 26.3. The molecule has 2 aromatic carbocycles. The van der Waals surface area contributed by atoms with Crippen LogP contribution in [0.1, 0.15) is 60.1 Å². The normalized spacial score (nSPS) is 11.5. The summed E-state index contributed by atoms with van der Waals surface area (Å²) in [5.74, 6) is 0. The molecule has 0 radical (unpaired) electrons. The number of nitrogens with one attached hydrogen (secondary N) is 1. The van der Waals surface area contributed by atoms with Gasteiger partial charge >= 0.3 is 18.3 Å². The molecule has 0 saturated heterocycles. The van der Waals surface area contributed by atoms with E-state index in [4.69, 9.17) is 24.5 Å². The van der Waals surface area contributed by atoms with Crippen molar-refractivity contribution in [1.82, 2.24) is 15.1 Å². The Balaban J connectivity index is -0.000000834. The van der Waals surface area contributed by atoms with Gasteiger partial charge in [0.1, 0.15) is 17.8 Å². The summed E-state index contributed by atoms with van der Waals surface area (Å²) in [6.45, 7) is 11.4. The fraction of sp³-hybridized carbons (Fsp3) is 0.559. The molecule has 0 spiro atoms. The zero-order chi connectivity index (χ0) is 35.5. The van der Waals surface area contributed by atoms with Crippen molar-refractivity contribution in [3.63, 3.8) is 0 Å². The molecule has 0 heterocycles. The third-order valence-electron chi connectivity index (χ3n) is 6.14. The van der Waals surface area contributed by atoms with E-state index in [0.29, 0.717) is 6.61 Å². The molecule has 284 valence electrons. The number of likely N-dealkylation sites (N-methyl/N-ethyl adjacent to an activating group) is 2. The maximum atomic E-state index is 12.1. The van der Waals surface area contributed by atoms with E-state index in [9.17, 15) is 19.5 Å². The molecule has 2 N–H and O–H groups in total. The van der Waals surface area contributed by atoms with Gasteiger partial charge in [-0.25, -0.2) is 14.4 Å². The number of azide groups is 1. The number of carbonyl (C=O) groups is 3. The van der Waals surface area contributed by atoms with Gasteiger partial charge in [0.15, 0.2) is 0 Å². The third kappa shape index (κ3) is 22.7. The smallest absolute Gasteiger partial charge is 0.410 e. The van der Waals surface area contributed by atoms with Crippen LogP contribution in [0.25, 0.3) is 10.4 Å². The summed E-state index contributed by atoms with van der Waals surface area (Å²) in [5, 5.41) is 15.5. The Labute approximate surface area is 311 Å². The number of alkyl carbamates (subject to hydrolysis) is 1. The topological polar surface area (TPSA) is 176 Å². The Morgan fingerprint density at radius 3 is 1.68 bits per heavy atom. The molecule has 0 aliphatic rings. The van der Waals surface area contributed by atoms with Gasteiger partial charge in [-0.2, -0.15) is 27.0 Å². The number of carbonyl (C=O) groups excluding carboxylic acids is 3. The number of hydrogen-bond acceptors (Lipinski definition) is 9. The fourth-order valence-electron chi connectivity index (χ4n) is 3.57. The van der Waals surface area contributed by atoms with Crippen LogP contribution in [-0.2, 0) is 32.2 Å². The van der Waals surface area contributed by atoms with E-state index in [-0.39, 0.29) is 73.4 Å². The monoisotopic (exact) mass is 742 g/mol. The zero-order valence-electron chi connectivity index (χ0n) is 29.7. The highest BCUT2D eigenvalue weighted by Gasteiger charge is 2.26. The molecule has 0 aliphatic carbocycles. The largest absolute Gasteiger partial charge is 0.445 e. The number of aliphatic hydroxyl groups excluding tert-OH is 1. The van der Waals surface area contributed by atoms with Gasteiger partial charge in [-0.3, -0.25) is 0 Å². The van der Waals surface area contributed by atoms with Crippen molar-refractivity contribution in [3.8, 4) is 0 Å². The number of nitrogens with zero attached hydrogens (tertiary/aromatic N) is 5. The molecule has 3 amide bonds. The van der Waals surface area contributed by atoms with E-state index in [1.807, 2.05) is 60.7 Å². The predicted molar refractivity (Wildman–Crippen MR) is 205 cm³/mol. The van der Waals surface area contributed by atoms with Gasteiger partial charge in [0, 0.05) is 32.1 Å². The van der Waals surface area contributed by atoms with Crippen LogP contribution in [0.15, 0.2) is 65.8 Å². The Bertz CT molecular complexity index is 1270. The summed E-state index contributed by atoms with van der Waals surface area (Å²) in [6, 6.07) is 18.0. The number of ether oxygens (including phenoxy) is 4. The summed E-state index contributed by atoms with van der Waals surface area (Å²) >= 11 is 0. The first kappa shape index (κ1) is 50.6.